The fraction of sp³-hybridized carbons (Fsp3) is 0.300. The molecule has 1 unspecified atom stereocenters. The van der Waals surface area contributed by atoms with Gasteiger partial charge in [-0.1, -0.05) is 23.2 Å². The third-order valence-electron chi connectivity index (χ3n) is 1.75. The average molecular weight is 230 g/mol. The van der Waals surface area contributed by atoms with Gasteiger partial charge in [0.25, 0.3) is 0 Å². The molecule has 74 valence electrons. The van der Waals surface area contributed by atoms with E-state index in [1.165, 1.54) is 0 Å². The molecule has 0 radical (unpaired) electrons. The maximum Gasteiger partial charge on any atom is 0.181 e. The van der Waals surface area contributed by atoms with Gasteiger partial charge in [-0.2, -0.15) is 5.26 Å². The molecule has 0 amide bonds. The summed E-state index contributed by atoms with van der Waals surface area (Å²) >= 11 is 11.8. The van der Waals surface area contributed by atoms with Crippen LogP contribution in [-0.2, 0) is 0 Å². The van der Waals surface area contributed by atoms with E-state index >= 15 is 0 Å². The molecule has 0 saturated carbocycles. The molecule has 14 heavy (non-hydrogen) atoms. The van der Waals surface area contributed by atoms with Crippen LogP contribution < -0.4 is 4.74 Å². The van der Waals surface area contributed by atoms with Gasteiger partial charge in [0.15, 0.2) is 6.10 Å². The molecule has 0 aliphatic heterocycles. The predicted octanol–water partition coefficient (Wildman–Crippen LogP) is 3.59. The number of nitriles is 1. The van der Waals surface area contributed by atoms with Crippen molar-refractivity contribution in [3.8, 4) is 11.8 Å². The van der Waals surface area contributed by atoms with Crippen molar-refractivity contribution in [2.24, 2.45) is 0 Å². The van der Waals surface area contributed by atoms with Gasteiger partial charge in [0.05, 0.1) is 0 Å². The molecular weight excluding hydrogens is 221 g/mol. The topological polar surface area (TPSA) is 33.0 Å². The molecule has 0 bridgehead atoms. The van der Waals surface area contributed by atoms with Crippen LogP contribution in [0.3, 0.4) is 0 Å². The fourth-order valence-corrected chi connectivity index (χ4v) is 1.39. The molecule has 1 rings (SSSR count). The highest BCUT2D eigenvalue weighted by Crippen LogP contribution is 2.29. The molecule has 1 aromatic rings. The first-order valence-electron chi connectivity index (χ1n) is 4.06. The van der Waals surface area contributed by atoms with Crippen LogP contribution in [0.2, 0.25) is 10.0 Å². The van der Waals surface area contributed by atoms with E-state index in [2.05, 4.69) is 0 Å². The van der Waals surface area contributed by atoms with Crippen molar-refractivity contribution >= 4 is 23.2 Å². The average Bonchev–Trinajstić information content (AvgIpc) is 2.14. The molecule has 0 aliphatic carbocycles. The van der Waals surface area contributed by atoms with Crippen molar-refractivity contribution in [3.05, 3.63) is 27.7 Å². The van der Waals surface area contributed by atoms with E-state index in [4.69, 9.17) is 33.2 Å². The monoisotopic (exact) mass is 229 g/mol. The summed E-state index contributed by atoms with van der Waals surface area (Å²) in [6.07, 6.45) is -0.509. The van der Waals surface area contributed by atoms with Crippen molar-refractivity contribution < 1.29 is 4.74 Å². The summed E-state index contributed by atoms with van der Waals surface area (Å²) < 4.78 is 5.25. The number of ether oxygens (including phenoxy) is 1. The zero-order valence-corrected chi connectivity index (χ0v) is 9.36. The van der Waals surface area contributed by atoms with Crippen molar-refractivity contribution in [3.63, 3.8) is 0 Å². The molecule has 1 aromatic carbocycles. The summed E-state index contributed by atoms with van der Waals surface area (Å²) in [5, 5.41) is 9.63. The van der Waals surface area contributed by atoms with E-state index in [0.29, 0.717) is 15.8 Å². The highest BCUT2D eigenvalue weighted by Gasteiger charge is 2.07. The molecule has 2 nitrogen and oxygen atoms in total. The molecule has 0 saturated heterocycles. The van der Waals surface area contributed by atoms with E-state index in [0.717, 1.165) is 5.56 Å². The zero-order valence-electron chi connectivity index (χ0n) is 7.84. The standard InChI is InChI=1S/C10H9Cl2NO/c1-6(5-13)14-8-3-9(11)7(2)10(12)4-8/h3-4,6H,1-2H3. The molecule has 4 heteroatoms. The Balaban J connectivity index is 2.97. The molecular formula is C10H9Cl2NO. The summed E-state index contributed by atoms with van der Waals surface area (Å²) in [6.45, 7) is 3.48. The lowest BCUT2D eigenvalue weighted by Crippen LogP contribution is -2.08. The van der Waals surface area contributed by atoms with Crippen LogP contribution in [0.1, 0.15) is 12.5 Å². The molecule has 0 N–H and O–H groups in total. The Morgan fingerprint density at radius 3 is 2.29 bits per heavy atom. The fourth-order valence-electron chi connectivity index (χ4n) is 0.921. The van der Waals surface area contributed by atoms with Crippen molar-refractivity contribution in [2.75, 3.05) is 0 Å². The smallest absolute Gasteiger partial charge is 0.181 e. The van der Waals surface area contributed by atoms with Gasteiger partial charge in [-0.15, -0.1) is 0 Å². The Labute approximate surface area is 93.0 Å². The predicted molar refractivity (Wildman–Crippen MR) is 56.9 cm³/mol. The van der Waals surface area contributed by atoms with E-state index in [1.54, 1.807) is 19.1 Å². The minimum absolute atomic E-state index is 0.509. The lowest BCUT2D eigenvalue weighted by Gasteiger charge is -2.09. The molecule has 0 heterocycles. The molecule has 0 spiro atoms. The van der Waals surface area contributed by atoms with E-state index < -0.39 is 6.10 Å². The van der Waals surface area contributed by atoms with Crippen molar-refractivity contribution in [2.45, 2.75) is 20.0 Å². The van der Waals surface area contributed by atoms with Gasteiger partial charge in [-0.05, 0) is 31.5 Å². The Bertz CT molecular complexity index is 361. The Kier molecular flexibility index (Phi) is 3.62. The zero-order chi connectivity index (χ0) is 10.7. The second-order valence-corrected chi connectivity index (χ2v) is 3.72. The Morgan fingerprint density at radius 1 is 1.36 bits per heavy atom. The van der Waals surface area contributed by atoms with E-state index in [-0.39, 0.29) is 0 Å². The summed E-state index contributed by atoms with van der Waals surface area (Å²) in [7, 11) is 0. The first-order valence-corrected chi connectivity index (χ1v) is 4.82. The quantitative estimate of drug-likeness (QED) is 0.777. The largest absolute Gasteiger partial charge is 0.476 e. The maximum absolute atomic E-state index is 8.55. The van der Waals surface area contributed by atoms with Gasteiger partial charge in [-0.25, -0.2) is 0 Å². The van der Waals surface area contributed by atoms with Crippen LogP contribution in [0.4, 0.5) is 0 Å². The molecule has 0 aromatic heterocycles. The third-order valence-corrected chi connectivity index (χ3v) is 2.53. The van der Waals surface area contributed by atoms with Gasteiger partial charge in [0, 0.05) is 10.0 Å². The summed E-state index contributed by atoms with van der Waals surface area (Å²) in [5.74, 6) is 0.514. The van der Waals surface area contributed by atoms with Crippen LogP contribution >= 0.6 is 23.2 Å². The van der Waals surface area contributed by atoms with Crippen LogP contribution in [0, 0.1) is 18.3 Å². The SMILES string of the molecule is Cc1c(Cl)cc(OC(C)C#N)cc1Cl. The Morgan fingerprint density at radius 2 is 1.86 bits per heavy atom. The highest BCUT2D eigenvalue weighted by atomic mass is 35.5. The number of halogens is 2. The van der Waals surface area contributed by atoms with E-state index in [1.807, 2.05) is 13.0 Å². The minimum Gasteiger partial charge on any atom is -0.476 e. The van der Waals surface area contributed by atoms with Crippen LogP contribution in [0.15, 0.2) is 12.1 Å². The number of benzene rings is 1. The normalized spacial score (nSPS) is 11.9. The number of nitrogens with zero attached hydrogens (tertiary/aromatic N) is 1. The van der Waals surface area contributed by atoms with Crippen molar-refractivity contribution in [1.29, 1.82) is 5.26 Å². The first-order chi connectivity index (χ1) is 6.54. The first kappa shape index (κ1) is 11.2. The van der Waals surface area contributed by atoms with Gasteiger partial charge in [0.2, 0.25) is 0 Å². The lowest BCUT2D eigenvalue weighted by atomic mass is 10.2. The lowest BCUT2D eigenvalue weighted by molar-refractivity contribution is 0.276. The van der Waals surface area contributed by atoms with Gasteiger partial charge < -0.3 is 4.74 Å². The summed E-state index contributed by atoms with van der Waals surface area (Å²) in [5.41, 5.74) is 0.810. The van der Waals surface area contributed by atoms with Gasteiger partial charge >= 0.3 is 0 Å². The second-order valence-electron chi connectivity index (χ2n) is 2.90. The number of hydrogen-bond donors (Lipinski definition) is 0. The van der Waals surface area contributed by atoms with Crippen molar-refractivity contribution in [1.82, 2.24) is 0 Å². The molecule has 0 aliphatic rings. The molecule has 0 fully saturated rings. The minimum atomic E-state index is -0.509. The number of rotatable bonds is 2. The van der Waals surface area contributed by atoms with Crippen LogP contribution in [0.25, 0.3) is 0 Å². The number of hydrogen-bond acceptors (Lipinski definition) is 2. The molecule has 1 atom stereocenters. The van der Waals surface area contributed by atoms with E-state index in [9.17, 15) is 0 Å². The summed E-state index contributed by atoms with van der Waals surface area (Å²) in [4.78, 5) is 0. The maximum atomic E-state index is 8.55. The van der Waals surface area contributed by atoms with Gasteiger partial charge in [-0.3, -0.25) is 0 Å². The second kappa shape index (κ2) is 4.54. The van der Waals surface area contributed by atoms with Crippen LogP contribution in [-0.4, -0.2) is 6.10 Å². The summed E-state index contributed by atoms with van der Waals surface area (Å²) in [6, 6.07) is 5.26. The van der Waals surface area contributed by atoms with Gasteiger partial charge in [0.1, 0.15) is 11.8 Å². The Hall–Kier alpha value is -0.910. The highest BCUT2D eigenvalue weighted by molar-refractivity contribution is 6.36. The third kappa shape index (κ3) is 2.54. The van der Waals surface area contributed by atoms with Crippen LogP contribution in [0.5, 0.6) is 5.75 Å².